The molecule has 0 unspecified atom stereocenters. The summed E-state index contributed by atoms with van der Waals surface area (Å²) in [6.45, 7) is -0.272. The average Bonchev–Trinajstić information content (AvgIpc) is 3.49. The van der Waals surface area contributed by atoms with Gasteiger partial charge in [0.2, 0.25) is 5.82 Å². The van der Waals surface area contributed by atoms with E-state index in [1.54, 1.807) is 28.9 Å². The molecule has 1 fully saturated rings. The van der Waals surface area contributed by atoms with Crippen molar-refractivity contribution in [3.05, 3.63) is 71.8 Å². The van der Waals surface area contributed by atoms with Crippen LogP contribution in [0, 0.1) is 0 Å². The number of hydrogen-bond donors (Lipinski definition) is 2. The zero-order valence-electron chi connectivity index (χ0n) is 15.6. The first kappa shape index (κ1) is 18.7. The summed E-state index contributed by atoms with van der Waals surface area (Å²) in [5.74, 6) is 0.194. The van der Waals surface area contributed by atoms with Crippen LogP contribution in [0.4, 0.5) is 0 Å². The molecule has 8 heteroatoms. The Labute approximate surface area is 167 Å². The fraction of sp³-hybridized carbons (Fsp3) is 0.238. The summed E-state index contributed by atoms with van der Waals surface area (Å²) in [6.07, 6.45) is 2.09. The van der Waals surface area contributed by atoms with E-state index in [2.05, 4.69) is 15.4 Å². The van der Waals surface area contributed by atoms with Crippen LogP contribution in [0.5, 0.6) is 5.75 Å². The van der Waals surface area contributed by atoms with Gasteiger partial charge in [-0.1, -0.05) is 36.4 Å². The maximum absolute atomic E-state index is 12.7. The Balaban J connectivity index is 1.49. The van der Waals surface area contributed by atoms with Crippen LogP contribution in [0.25, 0.3) is 5.69 Å². The van der Waals surface area contributed by atoms with Gasteiger partial charge in [-0.05, 0) is 31.0 Å². The summed E-state index contributed by atoms with van der Waals surface area (Å²) in [5, 5.41) is 16.0. The Kier molecular flexibility index (Phi) is 5.24. The third-order valence-corrected chi connectivity index (χ3v) is 4.54. The van der Waals surface area contributed by atoms with E-state index in [1.807, 2.05) is 30.3 Å². The van der Waals surface area contributed by atoms with Gasteiger partial charge >= 0.3 is 5.97 Å². The molecule has 1 amide bonds. The van der Waals surface area contributed by atoms with Gasteiger partial charge in [0.25, 0.3) is 5.91 Å². The second-order valence-electron chi connectivity index (χ2n) is 6.79. The van der Waals surface area contributed by atoms with Crippen molar-refractivity contribution in [2.45, 2.75) is 25.3 Å². The van der Waals surface area contributed by atoms with Gasteiger partial charge < -0.3 is 15.2 Å². The molecule has 4 rings (SSSR count). The van der Waals surface area contributed by atoms with E-state index in [0.717, 1.165) is 24.4 Å². The van der Waals surface area contributed by atoms with Crippen molar-refractivity contribution in [1.82, 2.24) is 20.1 Å². The number of rotatable bonds is 8. The van der Waals surface area contributed by atoms with E-state index in [4.69, 9.17) is 9.84 Å². The maximum Gasteiger partial charge on any atom is 0.341 e. The highest BCUT2D eigenvalue weighted by molar-refractivity contribution is 5.90. The number of nitrogens with zero attached hydrogens (tertiary/aromatic N) is 3. The molecule has 0 aliphatic heterocycles. The molecule has 1 aliphatic carbocycles. The highest BCUT2D eigenvalue weighted by Crippen LogP contribution is 2.39. The van der Waals surface area contributed by atoms with Gasteiger partial charge in [-0.2, -0.15) is 0 Å². The minimum Gasteiger partial charge on any atom is -0.482 e. The van der Waals surface area contributed by atoms with E-state index in [9.17, 15) is 9.59 Å². The molecule has 148 valence electrons. The quantitative estimate of drug-likeness (QED) is 0.610. The van der Waals surface area contributed by atoms with Gasteiger partial charge in [-0.25, -0.2) is 14.5 Å². The zero-order chi connectivity index (χ0) is 20.2. The van der Waals surface area contributed by atoms with Gasteiger partial charge in [0.1, 0.15) is 11.6 Å². The number of aliphatic carboxylic acids is 1. The first-order valence-electron chi connectivity index (χ1n) is 9.35. The highest BCUT2D eigenvalue weighted by atomic mass is 16.5. The third-order valence-electron chi connectivity index (χ3n) is 4.54. The van der Waals surface area contributed by atoms with Gasteiger partial charge in [-0.3, -0.25) is 4.79 Å². The minimum absolute atomic E-state index is 0.111. The minimum atomic E-state index is -1.06. The number of carbonyl (C=O) groups excluding carboxylic acids is 1. The normalized spacial score (nSPS) is 13.1. The largest absolute Gasteiger partial charge is 0.482 e. The van der Waals surface area contributed by atoms with Gasteiger partial charge in [-0.15, -0.1) is 5.10 Å². The van der Waals surface area contributed by atoms with E-state index < -0.39 is 18.5 Å². The number of aromatic nitrogens is 3. The molecule has 29 heavy (non-hydrogen) atoms. The Bertz CT molecular complexity index is 1030. The number of benzene rings is 2. The Hall–Kier alpha value is -3.68. The van der Waals surface area contributed by atoms with Crippen molar-refractivity contribution >= 4 is 11.9 Å². The van der Waals surface area contributed by atoms with E-state index >= 15 is 0 Å². The van der Waals surface area contributed by atoms with Crippen LogP contribution in [0.3, 0.4) is 0 Å². The molecule has 3 aromatic rings. The van der Waals surface area contributed by atoms with Gasteiger partial charge in [0.15, 0.2) is 6.61 Å². The maximum atomic E-state index is 12.7. The first-order chi connectivity index (χ1) is 14.1. The summed E-state index contributed by atoms with van der Waals surface area (Å²) in [4.78, 5) is 27.9. The predicted octanol–water partition coefficient (Wildman–Crippen LogP) is 2.54. The molecular weight excluding hydrogens is 372 g/mol. The smallest absolute Gasteiger partial charge is 0.341 e. The fourth-order valence-corrected chi connectivity index (χ4v) is 2.97. The standard InChI is InChI=1S/C21H20N4O4/c26-18(27)13-29-17-9-5-4-6-15(17)12-22-21(28)19-23-20(14-10-11-14)25(24-19)16-7-2-1-3-8-16/h1-9,14H,10-13H2,(H,22,28)(H,26,27). The second kappa shape index (κ2) is 8.14. The fourth-order valence-electron chi connectivity index (χ4n) is 2.97. The molecule has 0 spiro atoms. The lowest BCUT2D eigenvalue weighted by atomic mass is 10.2. The molecule has 1 aliphatic rings. The van der Waals surface area contributed by atoms with Crippen molar-refractivity contribution < 1.29 is 19.4 Å². The monoisotopic (exact) mass is 392 g/mol. The van der Waals surface area contributed by atoms with Crippen molar-refractivity contribution in [3.8, 4) is 11.4 Å². The van der Waals surface area contributed by atoms with Crippen LogP contribution in [-0.2, 0) is 11.3 Å². The first-order valence-corrected chi connectivity index (χ1v) is 9.35. The number of carboxylic acid groups (broad SMARTS) is 1. The summed E-state index contributed by atoms with van der Waals surface area (Å²) in [7, 11) is 0. The van der Waals surface area contributed by atoms with Crippen LogP contribution in [0.2, 0.25) is 0 Å². The number of carbonyl (C=O) groups is 2. The summed E-state index contributed by atoms with van der Waals surface area (Å²) in [5.41, 5.74) is 1.54. The molecule has 2 N–H and O–H groups in total. The number of nitrogens with one attached hydrogen (secondary N) is 1. The van der Waals surface area contributed by atoms with Crippen LogP contribution < -0.4 is 10.1 Å². The molecule has 1 saturated carbocycles. The van der Waals surface area contributed by atoms with Crippen LogP contribution >= 0.6 is 0 Å². The topological polar surface area (TPSA) is 106 Å². The molecule has 0 radical (unpaired) electrons. The molecular formula is C21H20N4O4. The second-order valence-corrected chi connectivity index (χ2v) is 6.79. The summed E-state index contributed by atoms with van der Waals surface area (Å²) in [6, 6.07) is 16.6. The zero-order valence-corrected chi connectivity index (χ0v) is 15.6. The number of hydrogen-bond acceptors (Lipinski definition) is 5. The van der Waals surface area contributed by atoms with Crippen molar-refractivity contribution in [3.63, 3.8) is 0 Å². The molecule has 1 aromatic heterocycles. The average molecular weight is 392 g/mol. The SMILES string of the molecule is O=C(O)COc1ccccc1CNC(=O)c1nc(C2CC2)n(-c2ccccc2)n1. The van der Waals surface area contributed by atoms with Crippen LogP contribution in [0.1, 0.15) is 40.8 Å². The Morgan fingerprint density at radius 2 is 1.83 bits per heavy atom. The lowest BCUT2D eigenvalue weighted by molar-refractivity contribution is -0.139. The predicted molar refractivity (Wildman–Crippen MR) is 104 cm³/mol. The Morgan fingerprint density at radius 3 is 2.55 bits per heavy atom. The van der Waals surface area contributed by atoms with Gasteiger partial charge in [0.05, 0.1) is 5.69 Å². The highest BCUT2D eigenvalue weighted by Gasteiger charge is 2.31. The van der Waals surface area contributed by atoms with Crippen LogP contribution in [-0.4, -0.2) is 38.4 Å². The lowest BCUT2D eigenvalue weighted by Gasteiger charge is -2.10. The number of para-hydroxylation sites is 2. The van der Waals surface area contributed by atoms with Crippen molar-refractivity contribution in [2.24, 2.45) is 0 Å². The number of carboxylic acids is 1. The molecule has 8 nitrogen and oxygen atoms in total. The number of ether oxygens (including phenoxy) is 1. The molecule has 0 bridgehead atoms. The van der Waals surface area contributed by atoms with Crippen LogP contribution in [0.15, 0.2) is 54.6 Å². The third kappa shape index (κ3) is 4.43. The molecule has 1 heterocycles. The molecule has 0 saturated heterocycles. The number of amides is 1. The van der Waals surface area contributed by atoms with E-state index in [1.165, 1.54) is 0 Å². The summed E-state index contributed by atoms with van der Waals surface area (Å²) < 4.78 is 7.00. The van der Waals surface area contributed by atoms with E-state index in [-0.39, 0.29) is 12.4 Å². The van der Waals surface area contributed by atoms with E-state index in [0.29, 0.717) is 17.2 Å². The van der Waals surface area contributed by atoms with Crippen molar-refractivity contribution in [2.75, 3.05) is 6.61 Å². The molecule has 2 aromatic carbocycles. The van der Waals surface area contributed by atoms with Gasteiger partial charge in [0, 0.05) is 18.0 Å². The van der Waals surface area contributed by atoms with Crippen molar-refractivity contribution in [1.29, 1.82) is 0 Å². The Morgan fingerprint density at radius 1 is 1.10 bits per heavy atom. The molecule has 0 atom stereocenters. The summed E-state index contributed by atoms with van der Waals surface area (Å²) >= 11 is 0. The lowest BCUT2D eigenvalue weighted by Crippen LogP contribution is -2.24.